The summed E-state index contributed by atoms with van der Waals surface area (Å²) in [6, 6.07) is 14.3. The predicted molar refractivity (Wildman–Crippen MR) is 150 cm³/mol. The summed E-state index contributed by atoms with van der Waals surface area (Å²) in [4.78, 5) is 13.7. The molecule has 0 saturated heterocycles. The molecule has 1 aliphatic rings. The van der Waals surface area contributed by atoms with Gasteiger partial charge >= 0.3 is 0 Å². The molecule has 3 N–H and O–H groups in total. The number of nitrogens with two attached hydrogens (primary N) is 1. The third kappa shape index (κ3) is 5.05. The van der Waals surface area contributed by atoms with Crippen molar-refractivity contribution in [3.05, 3.63) is 54.4 Å². The van der Waals surface area contributed by atoms with Crippen molar-refractivity contribution < 1.29 is 9.47 Å². The second-order valence-corrected chi connectivity index (χ2v) is 9.50. The number of aromatic nitrogens is 3. The standard InChI is InChI=1S/C28H35N7O2/c1-5-37-26-17-24(34(4)13-12-33(2)3)20(29)16-22(26)32-28-30-11-10-21(31-28)27-19-8-6-7-9-23(19)35-14-15-36-18-25(27)35/h6-11,16-17H,5,12-15,18,29H2,1-4H3,(H,30,31,32). The molecule has 37 heavy (non-hydrogen) atoms. The van der Waals surface area contributed by atoms with Gasteiger partial charge < -0.3 is 34.9 Å². The summed E-state index contributed by atoms with van der Waals surface area (Å²) in [6.07, 6.45) is 1.78. The van der Waals surface area contributed by atoms with E-state index in [1.54, 1.807) is 6.20 Å². The number of para-hydroxylation sites is 1. The number of nitrogen functional groups attached to an aromatic ring is 1. The lowest BCUT2D eigenvalue weighted by atomic mass is 10.1. The molecule has 194 valence electrons. The first-order valence-electron chi connectivity index (χ1n) is 12.7. The van der Waals surface area contributed by atoms with Gasteiger partial charge in [-0.3, -0.25) is 0 Å². The van der Waals surface area contributed by atoms with Gasteiger partial charge in [0.25, 0.3) is 0 Å². The number of nitrogens with zero attached hydrogens (tertiary/aromatic N) is 5. The first-order valence-corrected chi connectivity index (χ1v) is 12.7. The number of likely N-dealkylation sites (N-methyl/N-ethyl adjacent to an activating group) is 2. The average molecular weight is 502 g/mol. The number of hydrogen-bond acceptors (Lipinski definition) is 8. The Morgan fingerprint density at radius 2 is 1.97 bits per heavy atom. The van der Waals surface area contributed by atoms with Crippen molar-refractivity contribution in [1.82, 2.24) is 19.4 Å². The first kappa shape index (κ1) is 24.9. The van der Waals surface area contributed by atoms with Crippen molar-refractivity contribution in [3.8, 4) is 17.0 Å². The Morgan fingerprint density at radius 1 is 1.14 bits per heavy atom. The van der Waals surface area contributed by atoms with Crippen LogP contribution in [0.3, 0.4) is 0 Å². The smallest absolute Gasteiger partial charge is 0.227 e. The zero-order chi connectivity index (χ0) is 25.9. The van der Waals surface area contributed by atoms with Crippen LogP contribution in [0.25, 0.3) is 22.2 Å². The van der Waals surface area contributed by atoms with Crippen LogP contribution in [0.5, 0.6) is 5.75 Å². The van der Waals surface area contributed by atoms with Crippen LogP contribution < -0.4 is 20.7 Å². The number of nitrogens with one attached hydrogen (secondary N) is 1. The third-order valence-corrected chi connectivity index (χ3v) is 6.66. The third-order valence-electron chi connectivity index (χ3n) is 6.66. The van der Waals surface area contributed by atoms with Gasteiger partial charge in [-0.15, -0.1) is 0 Å². The Bertz CT molecular complexity index is 1400. The highest BCUT2D eigenvalue weighted by molar-refractivity contribution is 5.97. The molecule has 4 aromatic rings. The number of ether oxygens (including phenoxy) is 2. The van der Waals surface area contributed by atoms with E-state index >= 15 is 0 Å². The van der Waals surface area contributed by atoms with Crippen molar-refractivity contribution in [2.75, 3.05) is 63.4 Å². The summed E-state index contributed by atoms with van der Waals surface area (Å²) in [5.41, 5.74) is 13.1. The summed E-state index contributed by atoms with van der Waals surface area (Å²) in [5, 5.41) is 4.52. The highest BCUT2D eigenvalue weighted by atomic mass is 16.5. The summed E-state index contributed by atoms with van der Waals surface area (Å²) < 4.78 is 14.1. The van der Waals surface area contributed by atoms with Crippen molar-refractivity contribution in [3.63, 3.8) is 0 Å². The molecule has 1 aliphatic heterocycles. The number of benzene rings is 2. The Kier molecular flexibility index (Phi) is 7.16. The van der Waals surface area contributed by atoms with Crippen LogP contribution >= 0.6 is 0 Å². The lowest BCUT2D eigenvalue weighted by Gasteiger charge is -2.24. The van der Waals surface area contributed by atoms with E-state index in [4.69, 9.17) is 20.2 Å². The van der Waals surface area contributed by atoms with Gasteiger partial charge in [-0.05, 0) is 39.2 Å². The molecule has 0 fully saturated rings. The second-order valence-electron chi connectivity index (χ2n) is 9.50. The van der Waals surface area contributed by atoms with Gasteiger partial charge in [-0.2, -0.15) is 0 Å². The molecule has 0 radical (unpaired) electrons. The van der Waals surface area contributed by atoms with Gasteiger partial charge in [0, 0.05) is 55.4 Å². The summed E-state index contributed by atoms with van der Waals surface area (Å²) in [6.45, 7) is 6.37. The Balaban J connectivity index is 1.49. The average Bonchev–Trinajstić information content (AvgIpc) is 3.23. The fourth-order valence-electron chi connectivity index (χ4n) is 4.81. The minimum atomic E-state index is 0.479. The van der Waals surface area contributed by atoms with E-state index in [1.807, 2.05) is 32.2 Å². The van der Waals surface area contributed by atoms with Crippen LogP contribution in [0.1, 0.15) is 12.6 Å². The minimum Gasteiger partial charge on any atom is -0.492 e. The van der Waals surface area contributed by atoms with Crippen molar-refractivity contribution in [1.29, 1.82) is 0 Å². The number of fused-ring (bicyclic) bond motifs is 3. The molecule has 5 rings (SSSR count). The van der Waals surface area contributed by atoms with E-state index in [9.17, 15) is 0 Å². The fourth-order valence-corrected chi connectivity index (χ4v) is 4.81. The lowest BCUT2D eigenvalue weighted by Crippen LogP contribution is -2.29. The SMILES string of the molecule is CCOc1cc(N(C)CCN(C)C)c(N)cc1Nc1nccc(-c2c3n(c4ccccc24)CCOC3)n1. The zero-order valence-corrected chi connectivity index (χ0v) is 22.0. The van der Waals surface area contributed by atoms with Crippen molar-refractivity contribution in [2.24, 2.45) is 0 Å². The summed E-state index contributed by atoms with van der Waals surface area (Å²) in [5.74, 6) is 1.19. The molecule has 0 spiro atoms. The van der Waals surface area contributed by atoms with Crippen LogP contribution in [-0.2, 0) is 17.9 Å². The minimum absolute atomic E-state index is 0.479. The van der Waals surface area contributed by atoms with Gasteiger partial charge in [-0.25, -0.2) is 9.97 Å². The number of hydrogen-bond donors (Lipinski definition) is 2. The maximum absolute atomic E-state index is 6.48. The molecule has 0 unspecified atom stereocenters. The molecule has 2 aromatic carbocycles. The molecule has 3 heterocycles. The van der Waals surface area contributed by atoms with E-state index < -0.39 is 0 Å². The zero-order valence-electron chi connectivity index (χ0n) is 22.0. The van der Waals surface area contributed by atoms with E-state index in [2.05, 4.69) is 63.0 Å². The molecule has 2 aromatic heterocycles. The Morgan fingerprint density at radius 3 is 2.78 bits per heavy atom. The van der Waals surface area contributed by atoms with Gasteiger partial charge in [0.1, 0.15) is 5.75 Å². The number of rotatable bonds is 9. The number of anilines is 4. The van der Waals surface area contributed by atoms with Crippen LogP contribution in [0.2, 0.25) is 0 Å². The molecule has 0 atom stereocenters. The molecule has 0 aliphatic carbocycles. The molecular formula is C28H35N7O2. The summed E-state index contributed by atoms with van der Waals surface area (Å²) >= 11 is 0. The van der Waals surface area contributed by atoms with E-state index in [1.165, 1.54) is 5.52 Å². The molecular weight excluding hydrogens is 466 g/mol. The largest absolute Gasteiger partial charge is 0.492 e. The summed E-state index contributed by atoms with van der Waals surface area (Å²) in [7, 11) is 6.16. The van der Waals surface area contributed by atoms with Crippen molar-refractivity contribution in [2.45, 2.75) is 20.1 Å². The Labute approximate surface area is 217 Å². The van der Waals surface area contributed by atoms with Crippen LogP contribution in [0.4, 0.5) is 23.0 Å². The topological polar surface area (TPSA) is 93.7 Å². The van der Waals surface area contributed by atoms with Gasteiger partial charge in [0.15, 0.2) is 0 Å². The van der Waals surface area contributed by atoms with Crippen LogP contribution in [0.15, 0.2) is 48.7 Å². The van der Waals surface area contributed by atoms with Gasteiger partial charge in [0.05, 0.1) is 48.3 Å². The molecule has 0 saturated carbocycles. The normalized spacial score (nSPS) is 13.1. The Hall–Kier alpha value is -3.82. The van der Waals surface area contributed by atoms with Gasteiger partial charge in [0.2, 0.25) is 5.95 Å². The van der Waals surface area contributed by atoms with Crippen LogP contribution in [0, 0.1) is 0 Å². The predicted octanol–water partition coefficient (Wildman–Crippen LogP) is 4.35. The van der Waals surface area contributed by atoms with E-state index in [0.29, 0.717) is 37.2 Å². The van der Waals surface area contributed by atoms with Crippen LogP contribution in [-0.4, -0.2) is 66.9 Å². The maximum atomic E-state index is 6.48. The van der Waals surface area contributed by atoms with E-state index in [0.717, 1.165) is 53.3 Å². The highest BCUT2D eigenvalue weighted by Crippen LogP contribution is 2.38. The monoisotopic (exact) mass is 501 g/mol. The molecule has 9 heteroatoms. The van der Waals surface area contributed by atoms with E-state index in [-0.39, 0.29) is 0 Å². The lowest BCUT2D eigenvalue weighted by molar-refractivity contribution is 0.0869. The van der Waals surface area contributed by atoms with Crippen molar-refractivity contribution >= 4 is 33.9 Å². The van der Waals surface area contributed by atoms with Gasteiger partial charge in [-0.1, -0.05) is 18.2 Å². The second kappa shape index (κ2) is 10.7. The highest BCUT2D eigenvalue weighted by Gasteiger charge is 2.22. The maximum Gasteiger partial charge on any atom is 0.227 e. The molecule has 0 amide bonds. The molecule has 9 nitrogen and oxygen atoms in total. The quantitative estimate of drug-likeness (QED) is 0.327. The fraction of sp³-hybridized carbons (Fsp3) is 0.357. The molecule has 0 bridgehead atoms. The first-order chi connectivity index (χ1) is 18.0.